The van der Waals surface area contributed by atoms with Gasteiger partial charge in [0.05, 0.1) is 17.8 Å². The number of nitrogens with zero attached hydrogens (tertiary/aromatic N) is 3. The summed E-state index contributed by atoms with van der Waals surface area (Å²) in [5, 5.41) is 4.96. The molecule has 1 aromatic heterocycles. The van der Waals surface area contributed by atoms with Crippen LogP contribution in [0.15, 0.2) is 24.3 Å². The summed E-state index contributed by atoms with van der Waals surface area (Å²) in [4.78, 5) is 15.0. The van der Waals surface area contributed by atoms with Crippen LogP contribution in [-0.4, -0.2) is 33.7 Å². The highest BCUT2D eigenvalue weighted by molar-refractivity contribution is 6.33. The lowest BCUT2D eigenvalue weighted by atomic mass is 9.91. The Morgan fingerprint density at radius 2 is 1.76 bits per heavy atom. The fourth-order valence-electron chi connectivity index (χ4n) is 3.75. The zero-order valence-electron chi connectivity index (χ0n) is 15.4. The number of hydrogen-bond donors (Lipinski definition) is 0. The fraction of sp³-hybridized carbons (Fsp3) is 0.500. The van der Waals surface area contributed by atoms with Crippen molar-refractivity contribution in [2.45, 2.75) is 40.7 Å². The first-order valence-electron chi connectivity index (χ1n) is 8.93. The third-order valence-corrected chi connectivity index (χ3v) is 5.27. The Labute approximate surface area is 154 Å². The number of rotatable bonds is 3. The van der Waals surface area contributed by atoms with E-state index in [1.54, 1.807) is 4.68 Å². The first-order chi connectivity index (χ1) is 11.8. The van der Waals surface area contributed by atoms with Gasteiger partial charge in [0, 0.05) is 13.1 Å². The van der Waals surface area contributed by atoms with E-state index < -0.39 is 0 Å². The summed E-state index contributed by atoms with van der Waals surface area (Å²) in [7, 11) is 0. The number of amides is 1. The molecule has 0 saturated carbocycles. The molecular weight excluding hydrogens is 334 g/mol. The van der Waals surface area contributed by atoms with E-state index in [1.165, 1.54) is 12.0 Å². The largest absolute Gasteiger partial charge is 0.338 e. The van der Waals surface area contributed by atoms with Crippen LogP contribution in [0.2, 0.25) is 5.15 Å². The molecule has 1 aromatic carbocycles. The molecule has 1 aliphatic heterocycles. The summed E-state index contributed by atoms with van der Waals surface area (Å²) in [5.41, 5.74) is 3.59. The van der Waals surface area contributed by atoms with Crippen LogP contribution in [0.4, 0.5) is 0 Å². The second-order valence-corrected chi connectivity index (χ2v) is 7.91. The number of likely N-dealkylation sites (tertiary alicyclic amines) is 1. The molecule has 25 heavy (non-hydrogen) atoms. The third-order valence-electron chi connectivity index (χ3n) is 4.89. The molecule has 4 nitrogen and oxygen atoms in total. The molecule has 0 spiro atoms. The van der Waals surface area contributed by atoms with Gasteiger partial charge in [0.2, 0.25) is 0 Å². The molecule has 0 radical (unpaired) electrons. The maximum Gasteiger partial charge on any atom is 0.258 e. The van der Waals surface area contributed by atoms with Crippen molar-refractivity contribution in [1.82, 2.24) is 14.7 Å². The predicted octanol–water partition coefficient (Wildman–Crippen LogP) is 4.32. The number of halogens is 1. The highest BCUT2D eigenvalue weighted by Gasteiger charge is 2.30. The lowest BCUT2D eigenvalue weighted by Gasteiger charge is -2.35. The molecule has 2 aromatic rings. The second kappa shape index (κ2) is 7.20. The summed E-state index contributed by atoms with van der Waals surface area (Å²) in [6.07, 6.45) is 1.17. The molecule has 2 atom stereocenters. The fourth-order valence-corrected chi connectivity index (χ4v) is 4.07. The average Bonchev–Trinajstić information content (AvgIpc) is 2.82. The van der Waals surface area contributed by atoms with Gasteiger partial charge in [0.25, 0.3) is 5.91 Å². The number of aromatic nitrogens is 2. The van der Waals surface area contributed by atoms with Crippen molar-refractivity contribution in [2.24, 2.45) is 11.8 Å². The Morgan fingerprint density at radius 3 is 2.36 bits per heavy atom. The monoisotopic (exact) mass is 359 g/mol. The van der Waals surface area contributed by atoms with E-state index in [2.05, 4.69) is 50.1 Å². The summed E-state index contributed by atoms with van der Waals surface area (Å²) in [6.45, 7) is 10.5. The van der Waals surface area contributed by atoms with Crippen LogP contribution >= 0.6 is 11.6 Å². The van der Waals surface area contributed by atoms with E-state index in [1.807, 2.05) is 11.8 Å². The van der Waals surface area contributed by atoms with E-state index in [-0.39, 0.29) is 5.91 Å². The predicted molar refractivity (Wildman–Crippen MR) is 101 cm³/mol. The van der Waals surface area contributed by atoms with Crippen LogP contribution in [0.25, 0.3) is 0 Å². The van der Waals surface area contributed by atoms with E-state index in [0.717, 1.165) is 18.7 Å². The Hall–Kier alpha value is -1.81. The number of carbonyl (C=O) groups is 1. The molecule has 1 fully saturated rings. The van der Waals surface area contributed by atoms with Gasteiger partial charge < -0.3 is 4.90 Å². The Kier molecular flexibility index (Phi) is 5.19. The molecule has 2 heterocycles. The van der Waals surface area contributed by atoms with Gasteiger partial charge in [-0.25, -0.2) is 4.68 Å². The zero-order valence-corrected chi connectivity index (χ0v) is 16.2. The number of aryl methyl sites for hydroxylation is 2. The van der Waals surface area contributed by atoms with Gasteiger partial charge >= 0.3 is 0 Å². The van der Waals surface area contributed by atoms with E-state index in [0.29, 0.717) is 34.8 Å². The molecule has 3 rings (SSSR count). The highest BCUT2D eigenvalue weighted by Crippen LogP contribution is 2.27. The summed E-state index contributed by atoms with van der Waals surface area (Å²) in [6, 6.07) is 8.28. The van der Waals surface area contributed by atoms with Gasteiger partial charge in [-0.1, -0.05) is 55.3 Å². The molecule has 5 heteroatoms. The van der Waals surface area contributed by atoms with Crippen LogP contribution in [0.5, 0.6) is 0 Å². The number of benzene rings is 1. The average molecular weight is 360 g/mol. The molecule has 1 aliphatic rings. The number of piperidine rings is 1. The van der Waals surface area contributed by atoms with Gasteiger partial charge in [-0.3, -0.25) is 4.79 Å². The van der Waals surface area contributed by atoms with Crippen molar-refractivity contribution in [3.8, 4) is 0 Å². The van der Waals surface area contributed by atoms with Crippen molar-refractivity contribution in [2.75, 3.05) is 13.1 Å². The van der Waals surface area contributed by atoms with Gasteiger partial charge in [-0.15, -0.1) is 0 Å². The lowest BCUT2D eigenvalue weighted by molar-refractivity contribution is 0.0622. The van der Waals surface area contributed by atoms with Crippen LogP contribution in [0.3, 0.4) is 0 Å². The van der Waals surface area contributed by atoms with Crippen LogP contribution in [-0.2, 0) is 6.54 Å². The maximum atomic E-state index is 13.0. The maximum absolute atomic E-state index is 13.0. The van der Waals surface area contributed by atoms with Gasteiger partial charge in [0.15, 0.2) is 0 Å². The highest BCUT2D eigenvalue weighted by atomic mass is 35.5. The molecule has 0 bridgehead atoms. The minimum absolute atomic E-state index is 0.0102. The lowest BCUT2D eigenvalue weighted by Crippen LogP contribution is -2.42. The van der Waals surface area contributed by atoms with Crippen molar-refractivity contribution < 1.29 is 4.79 Å². The van der Waals surface area contributed by atoms with Crippen LogP contribution in [0, 0.1) is 25.7 Å². The van der Waals surface area contributed by atoms with E-state index in [9.17, 15) is 4.79 Å². The zero-order chi connectivity index (χ0) is 18.1. The minimum Gasteiger partial charge on any atom is -0.338 e. The van der Waals surface area contributed by atoms with E-state index in [4.69, 9.17) is 11.6 Å². The molecule has 0 aliphatic carbocycles. The van der Waals surface area contributed by atoms with Crippen LogP contribution in [0.1, 0.15) is 47.4 Å². The van der Waals surface area contributed by atoms with Crippen molar-refractivity contribution in [1.29, 1.82) is 0 Å². The first-order valence-corrected chi connectivity index (χ1v) is 9.30. The first kappa shape index (κ1) is 18.0. The molecule has 1 amide bonds. The van der Waals surface area contributed by atoms with E-state index >= 15 is 0 Å². The summed E-state index contributed by atoms with van der Waals surface area (Å²) in [5.74, 6) is 1.06. The molecule has 0 N–H and O–H groups in total. The SMILES string of the molecule is Cc1ccc(Cn2nc(C)c(C(=O)N3CC(C)CC(C)C3)c2Cl)cc1. The number of hydrogen-bond acceptors (Lipinski definition) is 2. The smallest absolute Gasteiger partial charge is 0.258 e. The summed E-state index contributed by atoms with van der Waals surface area (Å²) < 4.78 is 1.73. The molecule has 2 unspecified atom stereocenters. The molecule has 1 saturated heterocycles. The molecular formula is C20H26ClN3O. The standard InChI is InChI=1S/C20H26ClN3O/c1-13-5-7-17(8-6-13)12-24-19(21)18(16(4)22-24)20(25)23-10-14(2)9-15(3)11-23/h5-8,14-15H,9-12H2,1-4H3. The third kappa shape index (κ3) is 3.90. The van der Waals surface area contributed by atoms with Gasteiger partial charge in [-0.2, -0.15) is 5.10 Å². The Morgan fingerprint density at radius 1 is 1.16 bits per heavy atom. The van der Waals surface area contributed by atoms with Crippen molar-refractivity contribution in [3.05, 3.63) is 51.8 Å². The van der Waals surface area contributed by atoms with Crippen molar-refractivity contribution in [3.63, 3.8) is 0 Å². The minimum atomic E-state index is 0.0102. The second-order valence-electron chi connectivity index (χ2n) is 7.55. The van der Waals surface area contributed by atoms with Gasteiger partial charge in [-0.05, 0) is 37.7 Å². The summed E-state index contributed by atoms with van der Waals surface area (Å²) >= 11 is 6.55. The quantitative estimate of drug-likeness (QED) is 0.818. The van der Waals surface area contributed by atoms with Crippen molar-refractivity contribution >= 4 is 17.5 Å². The van der Waals surface area contributed by atoms with Gasteiger partial charge in [0.1, 0.15) is 5.15 Å². The molecule has 134 valence electrons. The number of carbonyl (C=O) groups excluding carboxylic acids is 1. The Bertz CT molecular complexity index is 756. The Balaban J connectivity index is 1.84. The van der Waals surface area contributed by atoms with Crippen LogP contribution < -0.4 is 0 Å². The normalized spacial score (nSPS) is 20.8. The topological polar surface area (TPSA) is 38.1 Å².